The Morgan fingerprint density at radius 1 is 1.47 bits per heavy atom. The maximum Gasteiger partial charge on any atom is 0.307 e. The molecule has 0 atom stereocenters. The molecule has 1 rings (SSSR count). The van der Waals surface area contributed by atoms with Gasteiger partial charge >= 0.3 is 5.97 Å². The second kappa shape index (κ2) is 6.73. The van der Waals surface area contributed by atoms with Crippen molar-refractivity contribution >= 4 is 11.7 Å². The molecule has 5 heteroatoms. The van der Waals surface area contributed by atoms with Gasteiger partial charge in [0.1, 0.15) is 0 Å². The van der Waals surface area contributed by atoms with E-state index in [0.29, 0.717) is 18.8 Å². The first kappa shape index (κ1) is 13.3. The summed E-state index contributed by atoms with van der Waals surface area (Å²) in [5.74, 6) is -0.497. The van der Waals surface area contributed by atoms with Crippen LogP contribution in [-0.2, 0) is 9.53 Å². The highest BCUT2D eigenvalue weighted by Crippen LogP contribution is 2.21. The van der Waals surface area contributed by atoms with Crippen LogP contribution in [0.1, 0.15) is 13.3 Å². The molecular weight excluding hydrogens is 225 g/mol. The molecule has 0 aromatic heterocycles. The van der Waals surface area contributed by atoms with E-state index in [2.05, 4.69) is 5.32 Å². The lowest BCUT2D eigenvalue weighted by atomic mass is 10.3. The summed E-state index contributed by atoms with van der Waals surface area (Å²) in [4.78, 5) is 11.1. The van der Waals surface area contributed by atoms with Crippen molar-refractivity contribution in [1.29, 1.82) is 0 Å². The summed E-state index contributed by atoms with van der Waals surface area (Å²) in [6.07, 6.45) is 0.271. The number of halogens is 1. The molecule has 0 saturated heterocycles. The number of rotatable bonds is 6. The van der Waals surface area contributed by atoms with Crippen molar-refractivity contribution < 1.29 is 18.7 Å². The van der Waals surface area contributed by atoms with Gasteiger partial charge in [-0.25, -0.2) is 4.39 Å². The zero-order valence-corrected chi connectivity index (χ0v) is 9.96. The van der Waals surface area contributed by atoms with Crippen molar-refractivity contribution in [1.82, 2.24) is 0 Å². The monoisotopic (exact) mass is 241 g/mol. The van der Waals surface area contributed by atoms with Gasteiger partial charge in [0, 0.05) is 18.3 Å². The van der Waals surface area contributed by atoms with Crippen LogP contribution in [0.4, 0.5) is 10.1 Å². The van der Waals surface area contributed by atoms with Crippen molar-refractivity contribution in [3.63, 3.8) is 0 Å². The summed E-state index contributed by atoms with van der Waals surface area (Å²) in [5.41, 5.74) is 0.701. The van der Waals surface area contributed by atoms with E-state index in [1.54, 1.807) is 19.1 Å². The van der Waals surface area contributed by atoms with Gasteiger partial charge in [0.05, 0.1) is 20.1 Å². The fourth-order valence-electron chi connectivity index (χ4n) is 1.31. The Bertz CT molecular complexity index is 382. The van der Waals surface area contributed by atoms with E-state index in [-0.39, 0.29) is 18.1 Å². The van der Waals surface area contributed by atoms with Crippen LogP contribution in [0.5, 0.6) is 5.75 Å². The van der Waals surface area contributed by atoms with Crippen LogP contribution >= 0.6 is 0 Å². The predicted molar refractivity (Wildman–Crippen MR) is 62.7 cm³/mol. The summed E-state index contributed by atoms with van der Waals surface area (Å²) in [6, 6.07) is 4.44. The smallest absolute Gasteiger partial charge is 0.307 e. The minimum atomic E-state index is -0.413. The van der Waals surface area contributed by atoms with Crippen LogP contribution < -0.4 is 10.1 Å². The number of ether oxygens (including phenoxy) is 2. The van der Waals surface area contributed by atoms with E-state index >= 15 is 0 Å². The van der Waals surface area contributed by atoms with Gasteiger partial charge in [-0.2, -0.15) is 0 Å². The van der Waals surface area contributed by atoms with Crippen LogP contribution in [0, 0.1) is 5.82 Å². The molecule has 1 aromatic rings. The minimum Gasteiger partial charge on any atom is -0.494 e. The maximum absolute atomic E-state index is 13.1. The van der Waals surface area contributed by atoms with Crippen molar-refractivity contribution in [2.75, 3.05) is 25.6 Å². The number of methoxy groups -OCH3 is 1. The molecule has 0 fully saturated rings. The lowest BCUT2D eigenvalue weighted by Crippen LogP contribution is -2.11. The third kappa shape index (κ3) is 4.30. The molecule has 94 valence electrons. The number of hydrogen-bond acceptors (Lipinski definition) is 4. The van der Waals surface area contributed by atoms with Crippen LogP contribution in [0.2, 0.25) is 0 Å². The van der Waals surface area contributed by atoms with Gasteiger partial charge < -0.3 is 14.8 Å². The zero-order valence-electron chi connectivity index (χ0n) is 9.96. The van der Waals surface area contributed by atoms with E-state index in [1.165, 1.54) is 13.2 Å². The second-order valence-electron chi connectivity index (χ2n) is 3.33. The van der Waals surface area contributed by atoms with Crippen LogP contribution in [0.3, 0.4) is 0 Å². The molecule has 0 unspecified atom stereocenters. The number of benzene rings is 1. The molecule has 0 amide bonds. The highest BCUT2D eigenvalue weighted by Gasteiger charge is 2.04. The summed E-state index contributed by atoms with van der Waals surface area (Å²) in [7, 11) is 1.40. The van der Waals surface area contributed by atoms with Gasteiger partial charge in [0.2, 0.25) is 0 Å². The predicted octanol–water partition coefficient (Wildman–Crippen LogP) is 2.20. The third-order valence-electron chi connectivity index (χ3n) is 2.11. The average Bonchev–Trinajstić information content (AvgIpc) is 2.31. The quantitative estimate of drug-likeness (QED) is 0.776. The van der Waals surface area contributed by atoms with E-state index in [0.717, 1.165) is 0 Å². The molecule has 1 aromatic carbocycles. The Balaban J connectivity index is 2.44. The molecule has 0 heterocycles. The molecule has 0 aliphatic heterocycles. The summed E-state index contributed by atoms with van der Waals surface area (Å²) < 4.78 is 22.7. The molecule has 0 aliphatic rings. The fraction of sp³-hybridized carbons (Fsp3) is 0.417. The molecule has 0 spiro atoms. The van der Waals surface area contributed by atoms with Gasteiger partial charge in [0.25, 0.3) is 0 Å². The summed E-state index contributed by atoms with van der Waals surface area (Å²) in [5, 5.41) is 2.99. The normalized spacial score (nSPS) is 9.82. The van der Waals surface area contributed by atoms with E-state index in [9.17, 15) is 9.18 Å². The van der Waals surface area contributed by atoms with Gasteiger partial charge in [-0.05, 0) is 19.1 Å². The molecule has 0 radical (unpaired) electrons. The number of carbonyl (C=O) groups is 1. The van der Waals surface area contributed by atoms with E-state index in [1.807, 2.05) is 0 Å². The minimum absolute atomic E-state index is 0.172. The lowest BCUT2D eigenvalue weighted by Gasteiger charge is -2.08. The molecule has 1 N–H and O–H groups in total. The Kier molecular flexibility index (Phi) is 5.26. The van der Waals surface area contributed by atoms with Gasteiger partial charge in [0.15, 0.2) is 11.6 Å². The maximum atomic E-state index is 13.1. The Hall–Kier alpha value is -1.78. The molecule has 0 aliphatic carbocycles. The molecule has 17 heavy (non-hydrogen) atoms. The largest absolute Gasteiger partial charge is 0.494 e. The lowest BCUT2D eigenvalue weighted by molar-refractivity contribution is -0.142. The van der Waals surface area contributed by atoms with E-state index < -0.39 is 5.82 Å². The molecular formula is C12H16FNO3. The first-order chi connectivity index (χ1) is 8.17. The molecule has 0 bridgehead atoms. The van der Waals surface area contributed by atoms with Gasteiger partial charge in [-0.15, -0.1) is 0 Å². The third-order valence-corrected chi connectivity index (χ3v) is 2.11. The van der Waals surface area contributed by atoms with Crippen molar-refractivity contribution in [2.45, 2.75) is 13.3 Å². The molecule has 4 nitrogen and oxygen atoms in total. The number of esters is 1. The van der Waals surface area contributed by atoms with E-state index in [4.69, 9.17) is 9.47 Å². The number of nitrogens with one attached hydrogen (secondary N) is 1. The highest BCUT2D eigenvalue weighted by atomic mass is 19.1. The number of hydrogen-bond donors (Lipinski definition) is 1. The van der Waals surface area contributed by atoms with Gasteiger partial charge in [-0.3, -0.25) is 4.79 Å². The Morgan fingerprint density at radius 3 is 2.88 bits per heavy atom. The van der Waals surface area contributed by atoms with Crippen molar-refractivity contribution in [3.8, 4) is 5.75 Å². The van der Waals surface area contributed by atoms with Crippen molar-refractivity contribution in [2.24, 2.45) is 0 Å². The van der Waals surface area contributed by atoms with Crippen LogP contribution in [0.15, 0.2) is 18.2 Å². The van der Waals surface area contributed by atoms with Crippen molar-refractivity contribution in [3.05, 3.63) is 24.0 Å². The average molecular weight is 241 g/mol. The first-order valence-corrected chi connectivity index (χ1v) is 5.40. The summed E-state index contributed by atoms with van der Waals surface area (Å²) in [6.45, 7) is 2.58. The standard InChI is InChI=1S/C12H16FNO3/c1-3-17-12(15)6-7-14-9-4-5-10(13)11(8-9)16-2/h4-5,8,14H,3,6-7H2,1-2H3. The fourth-order valence-corrected chi connectivity index (χ4v) is 1.31. The summed E-state index contributed by atoms with van der Waals surface area (Å²) >= 11 is 0. The van der Waals surface area contributed by atoms with Crippen LogP contribution in [0.25, 0.3) is 0 Å². The first-order valence-electron chi connectivity index (χ1n) is 5.40. The number of anilines is 1. The van der Waals surface area contributed by atoms with Crippen LogP contribution in [-0.4, -0.2) is 26.2 Å². The zero-order chi connectivity index (χ0) is 12.7. The topological polar surface area (TPSA) is 47.6 Å². The second-order valence-corrected chi connectivity index (χ2v) is 3.33. The SMILES string of the molecule is CCOC(=O)CCNc1ccc(F)c(OC)c1. The molecule has 0 saturated carbocycles. The van der Waals surface area contributed by atoms with Gasteiger partial charge in [-0.1, -0.05) is 0 Å². The Labute approximate surface area is 99.7 Å². The Morgan fingerprint density at radius 2 is 2.24 bits per heavy atom. The number of carbonyl (C=O) groups excluding carboxylic acids is 1. The highest BCUT2D eigenvalue weighted by molar-refractivity contribution is 5.70.